The lowest BCUT2D eigenvalue weighted by Crippen LogP contribution is -2.46. The Labute approximate surface area is 153 Å². The standard InChI is InChI=1S/C19H26N4OS/c1-2-15-9-20-19(21-10-15)23-6-7-24-18-13-22(5-3-17(18)12-23)11-16-4-8-25-14-16/h4,8-10,14,17-18H,2-3,5-7,11-13H2,1H3/t17-,18-/m0/s1. The topological polar surface area (TPSA) is 41.5 Å². The molecule has 0 aliphatic carbocycles. The van der Waals surface area contributed by atoms with Gasteiger partial charge in [0.1, 0.15) is 0 Å². The Hall–Kier alpha value is -1.50. The van der Waals surface area contributed by atoms with Crippen LogP contribution in [-0.4, -0.2) is 53.8 Å². The number of piperidine rings is 1. The summed E-state index contributed by atoms with van der Waals surface area (Å²) in [6.45, 7) is 7.99. The fraction of sp³-hybridized carbons (Fsp3) is 0.579. The van der Waals surface area contributed by atoms with Gasteiger partial charge in [-0.05, 0) is 47.3 Å². The smallest absolute Gasteiger partial charge is 0.225 e. The number of likely N-dealkylation sites (tertiary alicyclic amines) is 1. The molecular formula is C19H26N4OS. The molecule has 4 rings (SSSR count). The van der Waals surface area contributed by atoms with Crippen molar-refractivity contribution in [1.29, 1.82) is 0 Å². The van der Waals surface area contributed by atoms with Crippen molar-refractivity contribution >= 4 is 17.3 Å². The molecule has 0 unspecified atom stereocenters. The quantitative estimate of drug-likeness (QED) is 0.841. The average molecular weight is 359 g/mol. The number of rotatable bonds is 4. The zero-order chi connectivity index (χ0) is 17.1. The molecule has 2 aromatic rings. The number of aromatic nitrogens is 2. The minimum absolute atomic E-state index is 0.326. The Morgan fingerprint density at radius 3 is 2.84 bits per heavy atom. The van der Waals surface area contributed by atoms with Gasteiger partial charge in [0.05, 0.1) is 12.7 Å². The normalized spacial score (nSPS) is 24.8. The lowest BCUT2D eigenvalue weighted by atomic mass is 9.93. The molecule has 2 aliphatic rings. The molecule has 0 radical (unpaired) electrons. The van der Waals surface area contributed by atoms with Crippen LogP contribution in [-0.2, 0) is 17.7 Å². The molecule has 2 saturated heterocycles. The molecule has 0 bridgehead atoms. The van der Waals surface area contributed by atoms with Gasteiger partial charge in [0.15, 0.2) is 0 Å². The third-order valence-electron chi connectivity index (χ3n) is 5.30. The first-order valence-electron chi connectivity index (χ1n) is 9.22. The lowest BCUT2D eigenvalue weighted by Gasteiger charge is -2.37. The van der Waals surface area contributed by atoms with Crippen molar-refractivity contribution in [2.45, 2.75) is 32.4 Å². The molecule has 6 heteroatoms. The molecule has 0 N–H and O–H groups in total. The van der Waals surface area contributed by atoms with Gasteiger partial charge in [-0.3, -0.25) is 4.90 Å². The summed E-state index contributed by atoms with van der Waals surface area (Å²) >= 11 is 1.78. The van der Waals surface area contributed by atoms with E-state index >= 15 is 0 Å². The van der Waals surface area contributed by atoms with Gasteiger partial charge in [0.2, 0.25) is 5.95 Å². The zero-order valence-electron chi connectivity index (χ0n) is 14.8. The summed E-state index contributed by atoms with van der Waals surface area (Å²) in [7, 11) is 0. The first-order chi connectivity index (χ1) is 12.3. The van der Waals surface area contributed by atoms with Crippen molar-refractivity contribution in [2.75, 3.05) is 37.7 Å². The predicted octanol–water partition coefficient (Wildman–Crippen LogP) is 2.83. The van der Waals surface area contributed by atoms with Crippen molar-refractivity contribution in [2.24, 2.45) is 5.92 Å². The van der Waals surface area contributed by atoms with E-state index in [9.17, 15) is 0 Å². The van der Waals surface area contributed by atoms with Gasteiger partial charge in [0, 0.05) is 44.5 Å². The van der Waals surface area contributed by atoms with Crippen LogP contribution >= 0.6 is 11.3 Å². The molecule has 0 saturated carbocycles. The first-order valence-corrected chi connectivity index (χ1v) is 10.2. The molecule has 2 atom stereocenters. The predicted molar refractivity (Wildman–Crippen MR) is 101 cm³/mol. The van der Waals surface area contributed by atoms with E-state index in [-0.39, 0.29) is 0 Å². The van der Waals surface area contributed by atoms with Crippen molar-refractivity contribution in [3.63, 3.8) is 0 Å². The van der Waals surface area contributed by atoms with E-state index in [1.54, 1.807) is 11.3 Å². The maximum atomic E-state index is 6.22. The van der Waals surface area contributed by atoms with Crippen LogP contribution in [0.3, 0.4) is 0 Å². The second-order valence-corrected chi connectivity index (χ2v) is 7.80. The minimum atomic E-state index is 0.326. The summed E-state index contributed by atoms with van der Waals surface area (Å²) in [5.41, 5.74) is 2.61. The van der Waals surface area contributed by atoms with E-state index < -0.39 is 0 Å². The Morgan fingerprint density at radius 2 is 2.08 bits per heavy atom. The van der Waals surface area contributed by atoms with E-state index in [0.29, 0.717) is 12.0 Å². The second-order valence-electron chi connectivity index (χ2n) is 7.02. The SMILES string of the molecule is CCc1cnc(N2CCO[C@H]3CN(Cc4ccsc4)CC[C@H]3C2)nc1. The van der Waals surface area contributed by atoms with Crippen LogP contribution in [0.15, 0.2) is 29.2 Å². The van der Waals surface area contributed by atoms with Gasteiger partial charge < -0.3 is 9.64 Å². The Morgan fingerprint density at radius 1 is 1.20 bits per heavy atom. The number of hydrogen-bond acceptors (Lipinski definition) is 6. The molecule has 2 fully saturated rings. The maximum absolute atomic E-state index is 6.22. The fourth-order valence-electron chi connectivity index (χ4n) is 3.78. The summed E-state index contributed by atoms with van der Waals surface area (Å²) in [4.78, 5) is 14.0. The zero-order valence-corrected chi connectivity index (χ0v) is 15.6. The molecule has 5 nitrogen and oxygen atoms in total. The number of hydrogen-bond donors (Lipinski definition) is 0. The molecule has 134 valence electrons. The monoisotopic (exact) mass is 358 g/mol. The number of fused-ring (bicyclic) bond motifs is 1. The van der Waals surface area contributed by atoms with Gasteiger partial charge in [0.25, 0.3) is 0 Å². The number of aryl methyl sites for hydroxylation is 1. The summed E-state index contributed by atoms with van der Waals surface area (Å²) in [6, 6.07) is 2.23. The van der Waals surface area contributed by atoms with Crippen LogP contribution < -0.4 is 4.90 Å². The highest BCUT2D eigenvalue weighted by Crippen LogP contribution is 2.26. The van der Waals surface area contributed by atoms with Gasteiger partial charge in [-0.2, -0.15) is 11.3 Å². The number of nitrogens with zero attached hydrogens (tertiary/aromatic N) is 4. The Balaban J connectivity index is 1.39. The van der Waals surface area contributed by atoms with Crippen LogP contribution in [0.25, 0.3) is 0 Å². The molecule has 0 spiro atoms. The lowest BCUT2D eigenvalue weighted by molar-refractivity contribution is -0.0239. The summed E-state index contributed by atoms with van der Waals surface area (Å²) in [5, 5.41) is 4.41. The molecule has 4 heterocycles. The van der Waals surface area contributed by atoms with E-state index in [4.69, 9.17) is 4.74 Å². The molecule has 2 aliphatic heterocycles. The highest BCUT2D eigenvalue weighted by Gasteiger charge is 2.34. The third-order valence-corrected chi connectivity index (χ3v) is 6.03. The van der Waals surface area contributed by atoms with E-state index in [1.165, 1.54) is 17.5 Å². The molecular weight excluding hydrogens is 332 g/mol. The van der Waals surface area contributed by atoms with E-state index in [0.717, 1.165) is 51.7 Å². The van der Waals surface area contributed by atoms with Crippen LogP contribution in [0, 0.1) is 5.92 Å². The van der Waals surface area contributed by atoms with Crippen molar-refractivity contribution in [1.82, 2.24) is 14.9 Å². The minimum Gasteiger partial charge on any atom is -0.375 e. The largest absolute Gasteiger partial charge is 0.375 e. The molecule has 0 amide bonds. The van der Waals surface area contributed by atoms with Crippen LogP contribution in [0.4, 0.5) is 5.95 Å². The van der Waals surface area contributed by atoms with Gasteiger partial charge >= 0.3 is 0 Å². The number of thiophene rings is 1. The van der Waals surface area contributed by atoms with Gasteiger partial charge in [-0.1, -0.05) is 6.92 Å². The second kappa shape index (κ2) is 7.81. The van der Waals surface area contributed by atoms with Crippen LogP contribution in [0.5, 0.6) is 0 Å². The fourth-order valence-corrected chi connectivity index (χ4v) is 4.44. The summed E-state index contributed by atoms with van der Waals surface area (Å²) < 4.78 is 6.22. The van der Waals surface area contributed by atoms with Gasteiger partial charge in [-0.15, -0.1) is 0 Å². The summed E-state index contributed by atoms with van der Waals surface area (Å²) in [6.07, 6.45) is 6.39. The maximum Gasteiger partial charge on any atom is 0.225 e. The molecule has 25 heavy (non-hydrogen) atoms. The van der Waals surface area contributed by atoms with E-state index in [2.05, 4.69) is 43.5 Å². The van der Waals surface area contributed by atoms with Crippen molar-refractivity contribution in [3.8, 4) is 0 Å². The Bertz CT molecular complexity index is 661. The molecule has 2 aromatic heterocycles. The average Bonchev–Trinajstić information content (AvgIpc) is 3.06. The Kier molecular flexibility index (Phi) is 5.29. The summed E-state index contributed by atoms with van der Waals surface area (Å²) in [5.74, 6) is 1.41. The first kappa shape index (κ1) is 16.9. The highest BCUT2D eigenvalue weighted by molar-refractivity contribution is 7.07. The number of ether oxygens (including phenoxy) is 1. The highest BCUT2D eigenvalue weighted by atomic mass is 32.1. The third kappa shape index (κ3) is 4.02. The van der Waals surface area contributed by atoms with Crippen molar-refractivity contribution < 1.29 is 4.74 Å². The van der Waals surface area contributed by atoms with Crippen LogP contribution in [0.2, 0.25) is 0 Å². The van der Waals surface area contributed by atoms with Gasteiger partial charge in [-0.25, -0.2) is 9.97 Å². The van der Waals surface area contributed by atoms with Crippen LogP contribution in [0.1, 0.15) is 24.5 Å². The molecule has 0 aromatic carbocycles. The number of anilines is 1. The van der Waals surface area contributed by atoms with E-state index in [1.807, 2.05) is 12.4 Å². The van der Waals surface area contributed by atoms with Crippen molar-refractivity contribution in [3.05, 3.63) is 40.3 Å².